The molecule has 0 saturated carbocycles. The first-order valence-electron chi connectivity index (χ1n) is 4.13. The van der Waals surface area contributed by atoms with Gasteiger partial charge in [-0.25, -0.2) is 0 Å². The van der Waals surface area contributed by atoms with Crippen LogP contribution in [0.1, 0.15) is 16.8 Å². The summed E-state index contributed by atoms with van der Waals surface area (Å²) in [7, 11) is 1.66. The van der Waals surface area contributed by atoms with Crippen molar-refractivity contribution in [2.45, 2.75) is 20.4 Å². The molecule has 4 nitrogen and oxygen atoms in total. The van der Waals surface area contributed by atoms with Gasteiger partial charge in [0.15, 0.2) is 0 Å². The van der Waals surface area contributed by atoms with Crippen molar-refractivity contribution in [1.82, 2.24) is 10.4 Å². The van der Waals surface area contributed by atoms with Gasteiger partial charge in [0.2, 0.25) is 0 Å². The van der Waals surface area contributed by atoms with E-state index in [1.807, 2.05) is 13.8 Å². The van der Waals surface area contributed by atoms with Crippen LogP contribution in [0.5, 0.6) is 5.75 Å². The number of hydrazine groups is 1. The van der Waals surface area contributed by atoms with E-state index in [0.29, 0.717) is 6.54 Å². The Labute approximate surface area is 90.2 Å². The summed E-state index contributed by atoms with van der Waals surface area (Å²) < 4.78 is 5.25. The summed E-state index contributed by atoms with van der Waals surface area (Å²) in [6, 6.07) is 0. The fraction of sp³-hybridized carbons (Fsp3) is 0.444. The van der Waals surface area contributed by atoms with Crippen LogP contribution in [-0.2, 0) is 6.54 Å². The van der Waals surface area contributed by atoms with Gasteiger partial charge in [-0.2, -0.15) is 0 Å². The second kappa shape index (κ2) is 5.80. The fourth-order valence-corrected chi connectivity index (χ4v) is 1.35. The van der Waals surface area contributed by atoms with Gasteiger partial charge in [-0.15, -0.1) is 12.4 Å². The van der Waals surface area contributed by atoms with E-state index in [1.165, 1.54) is 0 Å². The van der Waals surface area contributed by atoms with E-state index < -0.39 is 0 Å². The monoisotopic (exact) mass is 217 g/mol. The lowest BCUT2D eigenvalue weighted by atomic mass is 10.1. The predicted octanol–water partition coefficient (Wildman–Crippen LogP) is 1.09. The van der Waals surface area contributed by atoms with Gasteiger partial charge in [-0.3, -0.25) is 16.3 Å². The van der Waals surface area contributed by atoms with Crippen LogP contribution in [0.25, 0.3) is 0 Å². The number of nitrogens with one attached hydrogen (secondary N) is 1. The molecule has 5 heteroatoms. The molecule has 0 fully saturated rings. The van der Waals surface area contributed by atoms with E-state index >= 15 is 0 Å². The number of nitrogens with zero attached hydrogens (tertiary/aromatic N) is 1. The van der Waals surface area contributed by atoms with E-state index in [-0.39, 0.29) is 12.4 Å². The predicted molar refractivity (Wildman–Crippen MR) is 58.5 cm³/mol. The topological polar surface area (TPSA) is 60.2 Å². The summed E-state index contributed by atoms with van der Waals surface area (Å²) in [4.78, 5) is 4.25. The van der Waals surface area contributed by atoms with Crippen LogP contribution in [0, 0.1) is 13.8 Å². The number of aryl methyl sites for hydroxylation is 1. The molecule has 0 aromatic carbocycles. The average molecular weight is 218 g/mol. The van der Waals surface area contributed by atoms with E-state index in [2.05, 4.69) is 10.4 Å². The van der Waals surface area contributed by atoms with Crippen LogP contribution in [-0.4, -0.2) is 12.1 Å². The summed E-state index contributed by atoms with van der Waals surface area (Å²) in [6.07, 6.45) is 1.79. The lowest BCUT2D eigenvalue weighted by molar-refractivity contribution is 0.406. The highest BCUT2D eigenvalue weighted by Crippen LogP contribution is 2.23. The molecule has 1 aromatic rings. The molecular weight excluding hydrogens is 202 g/mol. The molecule has 0 saturated heterocycles. The Kier molecular flexibility index (Phi) is 5.45. The summed E-state index contributed by atoms with van der Waals surface area (Å²) in [5, 5.41) is 0. The first-order chi connectivity index (χ1) is 6.20. The lowest BCUT2D eigenvalue weighted by Gasteiger charge is -2.11. The minimum Gasteiger partial charge on any atom is -0.496 e. The first-order valence-corrected chi connectivity index (χ1v) is 4.13. The standard InChI is InChI=1S/C9H15N3O.ClH/c1-6-4-11-8(5-12-10)7(2)9(6)13-3;/h4,12H,5,10H2,1-3H3;1H. The van der Waals surface area contributed by atoms with E-state index in [4.69, 9.17) is 10.6 Å². The Morgan fingerprint density at radius 2 is 2.14 bits per heavy atom. The number of methoxy groups -OCH3 is 1. The molecule has 1 heterocycles. The maximum absolute atomic E-state index is 5.25. The summed E-state index contributed by atoms with van der Waals surface area (Å²) in [6.45, 7) is 4.51. The zero-order valence-electron chi connectivity index (χ0n) is 8.63. The Morgan fingerprint density at radius 1 is 1.50 bits per heavy atom. The van der Waals surface area contributed by atoms with Crippen molar-refractivity contribution in [3.8, 4) is 5.75 Å². The molecule has 0 aliphatic heterocycles. The molecule has 0 aliphatic rings. The van der Waals surface area contributed by atoms with Gasteiger partial charge in [-0.1, -0.05) is 0 Å². The molecule has 0 bridgehead atoms. The van der Waals surface area contributed by atoms with Crippen LogP contribution >= 0.6 is 12.4 Å². The van der Waals surface area contributed by atoms with Crippen molar-refractivity contribution < 1.29 is 4.74 Å². The highest BCUT2D eigenvalue weighted by molar-refractivity contribution is 5.85. The number of pyridine rings is 1. The van der Waals surface area contributed by atoms with Gasteiger partial charge in [0.25, 0.3) is 0 Å². The van der Waals surface area contributed by atoms with Crippen LogP contribution < -0.4 is 16.0 Å². The molecule has 80 valence electrons. The number of ether oxygens (including phenoxy) is 1. The third-order valence-corrected chi connectivity index (χ3v) is 2.02. The third-order valence-electron chi connectivity index (χ3n) is 2.02. The normalized spacial score (nSPS) is 9.43. The molecule has 0 amide bonds. The fourth-order valence-electron chi connectivity index (χ4n) is 1.35. The van der Waals surface area contributed by atoms with Crippen molar-refractivity contribution in [1.29, 1.82) is 0 Å². The maximum Gasteiger partial charge on any atom is 0.128 e. The van der Waals surface area contributed by atoms with Crippen molar-refractivity contribution in [2.75, 3.05) is 7.11 Å². The molecule has 14 heavy (non-hydrogen) atoms. The maximum atomic E-state index is 5.25. The third kappa shape index (κ3) is 2.57. The van der Waals surface area contributed by atoms with Crippen molar-refractivity contribution in [3.05, 3.63) is 23.0 Å². The minimum atomic E-state index is 0. The van der Waals surface area contributed by atoms with E-state index in [0.717, 1.165) is 22.6 Å². The first kappa shape index (κ1) is 13.2. The smallest absolute Gasteiger partial charge is 0.128 e. The quantitative estimate of drug-likeness (QED) is 0.588. The Bertz CT molecular complexity index is 304. The van der Waals surface area contributed by atoms with E-state index in [9.17, 15) is 0 Å². The lowest BCUT2D eigenvalue weighted by Crippen LogP contribution is -2.22. The number of rotatable bonds is 3. The minimum absolute atomic E-state index is 0. The Balaban J connectivity index is 0.00000169. The number of halogens is 1. The number of hydrogen-bond acceptors (Lipinski definition) is 4. The Hall–Kier alpha value is -0.840. The van der Waals surface area contributed by atoms with Crippen molar-refractivity contribution >= 4 is 12.4 Å². The van der Waals surface area contributed by atoms with Crippen LogP contribution in [0.15, 0.2) is 6.20 Å². The molecule has 1 rings (SSSR count). The van der Waals surface area contributed by atoms with Crippen LogP contribution in [0.4, 0.5) is 0 Å². The molecule has 0 atom stereocenters. The number of aromatic nitrogens is 1. The van der Waals surface area contributed by atoms with Gasteiger partial charge < -0.3 is 4.74 Å². The molecule has 1 aromatic heterocycles. The Morgan fingerprint density at radius 3 is 2.64 bits per heavy atom. The van der Waals surface area contributed by atoms with E-state index in [1.54, 1.807) is 13.3 Å². The van der Waals surface area contributed by atoms with Crippen LogP contribution in [0.2, 0.25) is 0 Å². The van der Waals surface area contributed by atoms with Crippen LogP contribution in [0.3, 0.4) is 0 Å². The summed E-state index contributed by atoms with van der Waals surface area (Å²) in [5.41, 5.74) is 5.58. The van der Waals surface area contributed by atoms with Gasteiger partial charge in [0.1, 0.15) is 5.75 Å². The largest absolute Gasteiger partial charge is 0.496 e. The molecule has 3 N–H and O–H groups in total. The zero-order valence-corrected chi connectivity index (χ0v) is 9.44. The highest BCUT2D eigenvalue weighted by atomic mass is 35.5. The molecule has 0 unspecified atom stereocenters. The second-order valence-corrected chi connectivity index (χ2v) is 2.93. The molecule has 0 radical (unpaired) electrons. The summed E-state index contributed by atoms with van der Waals surface area (Å²) >= 11 is 0. The molecular formula is C9H16ClN3O. The molecule has 0 aliphatic carbocycles. The SMILES string of the molecule is COc1c(C)cnc(CNN)c1C.Cl. The summed E-state index contributed by atoms with van der Waals surface area (Å²) in [5.74, 6) is 6.12. The van der Waals surface area contributed by atoms with Crippen molar-refractivity contribution in [2.24, 2.45) is 5.84 Å². The van der Waals surface area contributed by atoms with Gasteiger partial charge in [-0.05, 0) is 13.8 Å². The number of nitrogens with two attached hydrogens (primary N) is 1. The average Bonchev–Trinajstić information content (AvgIpc) is 2.11. The van der Waals surface area contributed by atoms with Gasteiger partial charge >= 0.3 is 0 Å². The highest BCUT2D eigenvalue weighted by Gasteiger charge is 2.07. The van der Waals surface area contributed by atoms with Gasteiger partial charge in [0.05, 0.1) is 19.3 Å². The number of hydrogen-bond donors (Lipinski definition) is 2. The molecule has 0 spiro atoms. The van der Waals surface area contributed by atoms with Crippen molar-refractivity contribution in [3.63, 3.8) is 0 Å². The van der Waals surface area contributed by atoms with Gasteiger partial charge in [0, 0.05) is 17.3 Å². The zero-order chi connectivity index (χ0) is 9.84. The second-order valence-electron chi connectivity index (χ2n) is 2.93.